The van der Waals surface area contributed by atoms with Crippen LogP contribution in [-0.4, -0.2) is 36.8 Å². The molecular formula is C16H16F3N3O2S. The molecule has 0 radical (unpaired) electrons. The van der Waals surface area contributed by atoms with Gasteiger partial charge in [0.15, 0.2) is 0 Å². The molecule has 0 spiro atoms. The second-order valence-corrected chi connectivity index (χ2v) is 7.78. The Morgan fingerprint density at radius 2 is 1.80 bits per heavy atom. The lowest BCUT2D eigenvalue weighted by Crippen LogP contribution is -2.33. The summed E-state index contributed by atoms with van der Waals surface area (Å²) in [5, 5.41) is 0. The summed E-state index contributed by atoms with van der Waals surface area (Å²) in [6.45, 7) is -0.0200. The van der Waals surface area contributed by atoms with E-state index in [1.807, 2.05) is 30.3 Å². The van der Waals surface area contributed by atoms with E-state index in [9.17, 15) is 21.6 Å². The molecule has 1 aliphatic rings. The summed E-state index contributed by atoms with van der Waals surface area (Å²) >= 11 is 0. The van der Waals surface area contributed by atoms with Crippen molar-refractivity contribution in [1.82, 2.24) is 9.29 Å². The number of rotatable bonds is 3. The molecule has 5 nitrogen and oxygen atoms in total. The van der Waals surface area contributed by atoms with Gasteiger partial charge in [-0.15, -0.1) is 0 Å². The summed E-state index contributed by atoms with van der Waals surface area (Å²) in [7, 11) is -4.36. The van der Waals surface area contributed by atoms with Gasteiger partial charge in [0, 0.05) is 37.4 Å². The van der Waals surface area contributed by atoms with Crippen molar-refractivity contribution < 1.29 is 21.6 Å². The van der Waals surface area contributed by atoms with Crippen LogP contribution >= 0.6 is 0 Å². The minimum absolute atomic E-state index is 0.0275. The van der Waals surface area contributed by atoms with Gasteiger partial charge in [0.1, 0.15) is 4.90 Å². The van der Waals surface area contributed by atoms with Crippen LogP contribution in [0.4, 0.5) is 13.2 Å². The number of alkyl halides is 3. The summed E-state index contributed by atoms with van der Waals surface area (Å²) in [5.74, 6) is -0.276. The van der Waals surface area contributed by atoms with E-state index in [0.29, 0.717) is 6.07 Å². The third kappa shape index (κ3) is 3.39. The van der Waals surface area contributed by atoms with E-state index < -0.39 is 32.7 Å². The lowest BCUT2D eigenvalue weighted by atomic mass is 9.95. The van der Waals surface area contributed by atoms with Crippen LogP contribution < -0.4 is 5.73 Å². The predicted molar refractivity (Wildman–Crippen MR) is 85.2 cm³/mol. The molecule has 2 N–H and O–H groups in total. The average molecular weight is 371 g/mol. The standard InChI is InChI=1S/C16H16F3N3O2S/c17-16(18,19)13-6-7-21-8-15(13)25(23,24)22-9-12(14(20)10-22)11-4-2-1-3-5-11/h1-8,12,14H,9-10,20H2/t12-,14+/m0/s1. The first kappa shape index (κ1) is 17.8. The number of hydrogen-bond acceptors (Lipinski definition) is 4. The van der Waals surface area contributed by atoms with Crippen molar-refractivity contribution in [1.29, 1.82) is 0 Å². The molecule has 134 valence electrons. The molecule has 0 unspecified atom stereocenters. The van der Waals surface area contributed by atoms with Crippen molar-refractivity contribution in [2.24, 2.45) is 5.73 Å². The summed E-state index contributed by atoms with van der Waals surface area (Å²) in [6, 6.07) is 9.26. The van der Waals surface area contributed by atoms with E-state index in [1.54, 1.807) is 0 Å². The molecule has 1 aromatic heterocycles. The van der Waals surface area contributed by atoms with Crippen molar-refractivity contribution in [2.45, 2.75) is 23.0 Å². The molecule has 1 aromatic carbocycles. The van der Waals surface area contributed by atoms with Crippen molar-refractivity contribution in [3.63, 3.8) is 0 Å². The summed E-state index contributed by atoms with van der Waals surface area (Å²) in [5.41, 5.74) is 5.69. The highest BCUT2D eigenvalue weighted by atomic mass is 32.2. The van der Waals surface area contributed by atoms with Crippen molar-refractivity contribution in [3.05, 3.63) is 59.9 Å². The Hall–Kier alpha value is -1.97. The molecule has 0 saturated carbocycles. The number of nitrogens with zero attached hydrogens (tertiary/aromatic N) is 2. The SMILES string of the molecule is N[C@@H]1CN(S(=O)(=O)c2cnccc2C(F)(F)F)C[C@H]1c1ccccc1. The normalized spacial score (nSPS) is 22.2. The van der Waals surface area contributed by atoms with Gasteiger partial charge < -0.3 is 5.73 Å². The Labute approximate surface area is 143 Å². The van der Waals surface area contributed by atoms with E-state index >= 15 is 0 Å². The van der Waals surface area contributed by atoms with E-state index in [0.717, 1.165) is 22.3 Å². The number of pyridine rings is 1. The zero-order chi connectivity index (χ0) is 18.2. The number of nitrogens with two attached hydrogens (primary N) is 1. The third-order valence-electron chi connectivity index (χ3n) is 4.27. The van der Waals surface area contributed by atoms with Gasteiger partial charge in [0.2, 0.25) is 10.0 Å². The minimum atomic E-state index is -4.79. The lowest BCUT2D eigenvalue weighted by molar-refractivity contribution is -0.140. The van der Waals surface area contributed by atoms with Crippen molar-refractivity contribution >= 4 is 10.0 Å². The predicted octanol–water partition coefficient (Wildman–Crippen LogP) is 2.22. The molecule has 0 aliphatic carbocycles. The Morgan fingerprint density at radius 3 is 2.44 bits per heavy atom. The molecule has 1 aliphatic heterocycles. The van der Waals surface area contributed by atoms with Crippen LogP contribution in [0.15, 0.2) is 53.7 Å². The highest BCUT2D eigenvalue weighted by molar-refractivity contribution is 7.89. The smallest absolute Gasteiger partial charge is 0.326 e. The first-order chi connectivity index (χ1) is 11.7. The monoisotopic (exact) mass is 371 g/mol. The molecule has 0 amide bonds. The maximum absolute atomic E-state index is 13.1. The number of halogens is 3. The van der Waals surface area contributed by atoms with Gasteiger partial charge in [0.05, 0.1) is 5.56 Å². The quantitative estimate of drug-likeness (QED) is 0.898. The van der Waals surface area contributed by atoms with Crippen LogP contribution in [0.2, 0.25) is 0 Å². The second-order valence-electron chi connectivity index (χ2n) is 5.87. The van der Waals surface area contributed by atoms with Crippen LogP contribution in [0.5, 0.6) is 0 Å². The van der Waals surface area contributed by atoms with Gasteiger partial charge in [-0.2, -0.15) is 17.5 Å². The van der Waals surface area contributed by atoms with Gasteiger partial charge in [-0.1, -0.05) is 30.3 Å². The van der Waals surface area contributed by atoms with Gasteiger partial charge in [-0.05, 0) is 11.6 Å². The lowest BCUT2D eigenvalue weighted by Gasteiger charge is -2.19. The molecule has 2 atom stereocenters. The molecule has 9 heteroatoms. The van der Waals surface area contributed by atoms with Crippen molar-refractivity contribution in [3.8, 4) is 0 Å². The first-order valence-electron chi connectivity index (χ1n) is 7.53. The third-order valence-corrected chi connectivity index (χ3v) is 6.13. The summed E-state index contributed by atoms with van der Waals surface area (Å²) in [6.07, 6.45) is -3.13. The maximum atomic E-state index is 13.1. The average Bonchev–Trinajstić information content (AvgIpc) is 2.97. The molecule has 0 bridgehead atoms. The Kier molecular flexibility index (Phi) is 4.56. The van der Waals surface area contributed by atoms with Gasteiger partial charge in [-0.3, -0.25) is 4.98 Å². The molecule has 1 fully saturated rings. The molecule has 25 heavy (non-hydrogen) atoms. The number of sulfonamides is 1. The van der Waals surface area contributed by atoms with E-state index in [2.05, 4.69) is 4.98 Å². The fraction of sp³-hybridized carbons (Fsp3) is 0.312. The molecule has 2 aromatic rings. The van der Waals surface area contributed by atoms with E-state index in [1.165, 1.54) is 0 Å². The van der Waals surface area contributed by atoms with Crippen LogP contribution in [0.1, 0.15) is 17.0 Å². The number of hydrogen-bond donors (Lipinski definition) is 1. The van der Waals surface area contributed by atoms with Gasteiger partial charge >= 0.3 is 6.18 Å². The van der Waals surface area contributed by atoms with Gasteiger partial charge in [-0.25, -0.2) is 8.42 Å². The molecule has 2 heterocycles. The number of aromatic nitrogens is 1. The zero-order valence-electron chi connectivity index (χ0n) is 13.0. The largest absolute Gasteiger partial charge is 0.417 e. The number of benzene rings is 1. The molecule has 1 saturated heterocycles. The summed E-state index contributed by atoms with van der Waals surface area (Å²) < 4.78 is 66.0. The first-order valence-corrected chi connectivity index (χ1v) is 8.97. The molecule has 3 rings (SSSR count). The van der Waals surface area contributed by atoms with Gasteiger partial charge in [0.25, 0.3) is 0 Å². The topological polar surface area (TPSA) is 76.3 Å². The Morgan fingerprint density at radius 1 is 1.12 bits per heavy atom. The second kappa shape index (κ2) is 6.40. The fourth-order valence-electron chi connectivity index (χ4n) is 3.00. The highest BCUT2D eigenvalue weighted by Gasteiger charge is 2.43. The minimum Gasteiger partial charge on any atom is -0.326 e. The maximum Gasteiger partial charge on any atom is 0.417 e. The van der Waals surface area contributed by atoms with Crippen LogP contribution in [-0.2, 0) is 16.2 Å². The highest BCUT2D eigenvalue weighted by Crippen LogP contribution is 2.37. The Balaban J connectivity index is 1.95. The molecular weight excluding hydrogens is 355 g/mol. The van der Waals surface area contributed by atoms with E-state index in [4.69, 9.17) is 5.73 Å². The van der Waals surface area contributed by atoms with Crippen LogP contribution in [0, 0.1) is 0 Å². The Bertz CT molecular complexity index is 856. The zero-order valence-corrected chi connectivity index (χ0v) is 13.8. The van der Waals surface area contributed by atoms with E-state index in [-0.39, 0.29) is 19.0 Å². The summed E-state index contributed by atoms with van der Waals surface area (Å²) in [4.78, 5) is 2.71. The van der Waals surface area contributed by atoms with Crippen LogP contribution in [0.3, 0.4) is 0 Å². The van der Waals surface area contributed by atoms with Crippen molar-refractivity contribution in [2.75, 3.05) is 13.1 Å². The fourth-order valence-corrected chi connectivity index (χ4v) is 4.66. The van der Waals surface area contributed by atoms with Crippen LogP contribution in [0.25, 0.3) is 0 Å².